The van der Waals surface area contributed by atoms with E-state index in [2.05, 4.69) is 32.0 Å². The van der Waals surface area contributed by atoms with Crippen molar-refractivity contribution in [1.82, 2.24) is 0 Å². The summed E-state index contributed by atoms with van der Waals surface area (Å²) in [6.07, 6.45) is 3.58. The number of ether oxygens (including phenoxy) is 1. The Morgan fingerprint density at radius 1 is 1.38 bits per heavy atom. The third-order valence-corrected chi connectivity index (χ3v) is 2.52. The number of nitrogens with zero attached hydrogens (tertiary/aromatic N) is 1. The molecule has 0 atom stereocenters. The average Bonchev–Trinajstić information content (AvgIpc) is 2.29. The molecule has 0 unspecified atom stereocenters. The van der Waals surface area contributed by atoms with Gasteiger partial charge in [-0.15, -0.1) is 0 Å². The molecular weight excluding hydrogens is 198 g/mol. The van der Waals surface area contributed by atoms with Gasteiger partial charge in [0, 0.05) is 6.42 Å². The summed E-state index contributed by atoms with van der Waals surface area (Å²) in [4.78, 5) is 0. The van der Waals surface area contributed by atoms with Crippen LogP contribution >= 0.6 is 0 Å². The Kier molecular flexibility index (Phi) is 5.42. The average molecular weight is 217 g/mol. The lowest BCUT2D eigenvalue weighted by molar-refractivity contribution is 0.317. The van der Waals surface area contributed by atoms with E-state index < -0.39 is 0 Å². The van der Waals surface area contributed by atoms with Gasteiger partial charge in [-0.3, -0.25) is 0 Å². The van der Waals surface area contributed by atoms with Gasteiger partial charge < -0.3 is 4.74 Å². The van der Waals surface area contributed by atoms with Crippen molar-refractivity contribution in [3.63, 3.8) is 0 Å². The smallest absolute Gasteiger partial charge is 0.119 e. The van der Waals surface area contributed by atoms with Gasteiger partial charge in [-0.05, 0) is 49.4 Å². The van der Waals surface area contributed by atoms with Crippen molar-refractivity contribution in [1.29, 1.82) is 5.26 Å². The topological polar surface area (TPSA) is 33.0 Å². The molecule has 0 heterocycles. The normalized spacial score (nSPS) is 9.81. The van der Waals surface area contributed by atoms with Crippen molar-refractivity contribution < 1.29 is 4.74 Å². The van der Waals surface area contributed by atoms with E-state index in [4.69, 9.17) is 10.00 Å². The molecule has 1 aromatic rings. The molecule has 0 saturated heterocycles. The summed E-state index contributed by atoms with van der Waals surface area (Å²) < 4.78 is 5.56. The molecule has 0 aliphatic heterocycles. The Morgan fingerprint density at radius 3 is 2.81 bits per heavy atom. The van der Waals surface area contributed by atoms with Crippen molar-refractivity contribution in [3.05, 3.63) is 29.3 Å². The Balaban J connectivity index is 2.57. The molecule has 86 valence electrons. The van der Waals surface area contributed by atoms with Crippen LogP contribution in [0, 0.1) is 18.3 Å². The zero-order valence-corrected chi connectivity index (χ0v) is 10.1. The van der Waals surface area contributed by atoms with E-state index in [1.807, 2.05) is 6.07 Å². The van der Waals surface area contributed by atoms with Gasteiger partial charge in [0.1, 0.15) is 5.75 Å². The molecule has 0 aliphatic rings. The van der Waals surface area contributed by atoms with Gasteiger partial charge >= 0.3 is 0 Å². The second-order valence-corrected chi connectivity index (χ2v) is 3.95. The first-order chi connectivity index (χ1) is 7.77. The van der Waals surface area contributed by atoms with Crippen LogP contribution in [0.3, 0.4) is 0 Å². The van der Waals surface area contributed by atoms with Gasteiger partial charge in [0.2, 0.25) is 0 Å². The van der Waals surface area contributed by atoms with Crippen molar-refractivity contribution in [2.24, 2.45) is 0 Å². The second-order valence-electron chi connectivity index (χ2n) is 3.95. The fourth-order valence-corrected chi connectivity index (χ4v) is 1.62. The summed E-state index contributed by atoms with van der Waals surface area (Å²) in [5.74, 6) is 0.948. The quantitative estimate of drug-likeness (QED) is 0.682. The van der Waals surface area contributed by atoms with E-state index in [-0.39, 0.29) is 0 Å². The van der Waals surface area contributed by atoms with Crippen molar-refractivity contribution in [3.8, 4) is 11.8 Å². The first-order valence-electron chi connectivity index (χ1n) is 5.87. The second kappa shape index (κ2) is 6.90. The van der Waals surface area contributed by atoms with E-state index >= 15 is 0 Å². The lowest BCUT2D eigenvalue weighted by Gasteiger charge is -2.09. The maximum absolute atomic E-state index is 8.48. The molecule has 2 nitrogen and oxygen atoms in total. The van der Waals surface area contributed by atoms with Gasteiger partial charge in [-0.1, -0.05) is 13.0 Å². The molecular formula is C14H19NO. The van der Waals surface area contributed by atoms with Gasteiger partial charge in [0.25, 0.3) is 0 Å². The lowest BCUT2D eigenvalue weighted by atomic mass is 10.0. The Hall–Kier alpha value is -1.49. The van der Waals surface area contributed by atoms with Crippen LogP contribution in [0.25, 0.3) is 0 Å². The fraction of sp³-hybridized carbons (Fsp3) is 0.500. The number of hydrogen-bond acceptors (Lipinski definition) is 2. The van der Waals surface area contributed by atoms with Crippen LogP contribution in [-0.4, -0.2) is 6.61 Å². The van der Waals surface area contributed by atoms with Crippen LogP contribution in [0.4, 0.5) is 0 Å². The molecule has 0 aliphatic carbocycles. The molecule has 0 fully saturated rings. The van der Waals surface area contributed by atoms with Crippen LogP contribution in [-0.2, 0) is 6.42 Å². The highest BCUT2D eigenvalue weighted by molar-refractivity contribution is 5.34. The third-order valence-electron chi connectivity index (χ3n) is 2.52. The van der Waals surface area contributed by atoms with Crippen LogP contribution < -0.4 is 4.74 Å². The first kappa shape index (κ1) is 12.6. The van der Waals surface area contributed by atoms with Crippen LogP contribution in [0.2, 0.25) is 0 Å². The molecule has 0 saturated carbocycles. The molecule has 1 aromatic carbocycles. The highest BCUT2D eigenvalue weighted by atomic mass is 16.5. The number of hydrogen-bond donors (Lipinski definition) is 0. The van der Waals surface area contributed by atoms with E-state index in [9.17, 15) is 0 Å². The molecule has 0 amide bonds. The minimum atomic E-state index is 0.632. The fourth-order valence-electron chi connectivity index (χ4n) is 1.62. The molecule has 0 N–H and O–H groups in total. The van der Waals surface area contributed by atoms with Crippen LogP contribution in [0.1, 0.15) is 37.3 Å². The van der Waals surface area contributed by atoms with E-state index in [1.165, 1.54) is 11.1 Å². The van der Waals surface area contributed by atoms with Crippen molar-refractivity contribution in [2.45, 2.75) is 39.5 Å². The summed E-state index contributed by atoms with van der Waals surface area (Å²) in [5.41, 5.74) is 2.57. The predicted molar refractivity (Wildman–Crippen MR) is 65.5 cm³/mol. The summed E-state index contributed by atoms with van der Waals surface area (Å²) in [7, 11) is 0. The minimum absolute atomic E-state index is 0.632. The summed E-state index contributed by atoms with van der Waals surface area (Å²) in [6.45, 7) is 4.97. The predicted octanol–water partition coefficient (Wildman–Crippen LogP) is 3.63. The monoisotopic (exact) mass is 217 g/mol. The molecule has 0 spiro atoms. The van der Waals surface area contributed by atoms with Gasteiger partial charge in [0.15, 0.2) is 0 Å². The number of nitriles is 1. The van der Waals surface area contributed by atoms with Gasteiger partial charge in [0.05, 0.1) is 12.7 Å². The standard InChI is InChI=1S/C14H19NO/c1-3-10-16-14-8-7-13(12(2)11-14)6-4-5-9-15/h7-8,11H,3-6,10H2,1-2H3. The Labute approximate surface area is 97.9 Å². The SMILES string of the molecule is CCCOc1ccc(CCCC#N)c(C)c1. The number of aryl methyl sites for hydroxylation is 2. The van der Waals surface area contributed by atoms with Gasteiger partial charge in [-0.2, -0.15) is 5.26 Å². The molecule has 16 heavy (non-hydrogen) atoms. The van der Waals surface area contributed by atoms with Crippen molar-refractivity contribution >= 4 is 0 Å². The van der Waals surface area contributed by atoms with E-state index in [0.29, 0.717) is 6.42 Å². The number of unbranched alkanes of at least 4 members (excludes halogenated alkanes) is 1. The maximum atomic E-state index is 8.48. The summed E-state index contributed by atoms with van der Waals surface area (Å²) in [5, 5.41) is 8.48. The lowest BCUT2D eigenvalue weighted by Crippen LogP contribution is -1.97. The number of benzene rings is 1. The highest BCUT2D eigenvalue weighted by Gasteiger charge is 2.00. The summed E-state index contributed by atoms with van der Waals surface area (Å²) >= 11 is 0. The maximum Gasteiger partial charge on any atom is 0.119 e. The zero-order valence-electron chi connectivity index (χ0n) is 10.1. The highest BCUT2D eigenvalue weighted by Crippen LogP contribution is 2.19. The Bertz CT molecular complexity index is 365. The largest absolute Gasteiger partial charge is 0.494 e. The summed E-state index contributed by atoms with van der Waals surface area (Å²) in [6, 6.07) is 8.38. The Morgan fingerprint density at radius 2 is 2.19 bits per heavy atom. The zero-order chi connectivity index (χ0) is 11.8. The molecule has 1 rings (SSSR count). The van der Waals surface area contributed by atoms with Crippen molar-refractivity contribution in [2.75, 3.05) is 6.61 Å². The number of rotatable bonds is 6. The van der Waals surface area contributed by atoms with Crippen LogP contribution in [0.15, 0.2) is 18.2 Å². The molecule has 0 aromatic heterocycles. The van der Waals surface area contributed by atoms with E-state index in [0.717, 1.165) is 31.6 Å². The first-order valence-corrected chi connectivity index (χ1v) is 5.87. The molecule has 0 radical (unpaired) electrons. The van der Waals surface area contributed by atoms with Gasteiger partial charge in [-0.25, -0.2) is 0 Å². The minimum Gasteiger partial charge on any atom is -0.494 e. The molecule has 0 bridgehead atoms. The third kappa shape index (κ3) is 3.94. The van der Waals surface area contributed by atoms with E-state index in [1.54, 1.807) is 0 Å². The van der Waals surface area contributed by atoms with Crippen LogP contribution in [0.5, 0.6) is 5.75 Å². The molecule has 2 heteroatoms.